The second-order valence-corrected chi connectivity index (χ2v) is 8.92. The number of carbonyl (C=O) groups is 3. The number of rotatable bonds is 6. The summed E-state index contributed by atoms with van der Waals surface area (Å²) in [6, 6.07) is 3.68. The van der Waals surface area contributed by atoms with Gasteiger partial charge in [-0.15, -0.1) is 0 Å². The Morgan fingerprint density at radius 3 is 2.71 bits per heavy atom. The molecule has 3 heterocycles. The molecule has 9 nitrogen and oxygen atoms in total. The van der Waals surface area contributed by atoms with Crippen LogP contribution in [0.25, 0.3) is 0 Å². The number of benzene rings is 1. The largest absolute Gasteiger partial charge is 0.338 e. The first-order valence-electron chi connectivity index (χ1n) is 10.6. The Bertz CT molecular complexity index is 1330. The van der Waals surface area contributed by atoms with E-state index in [1.54, 1.807) is 0 Å². The number of hydrogen-bond acceptors (Lipinski definition) is 5. The molecule has 0 bridgehead atoms. The van der Waals surface area contributed by atoms with Crippen molar-refractivity contribution in [3.05, 3.63) is 63.4 Å². The highest BCUT2D eigenvalue weighted by Gasteiger charge is 2.49. The van der Waals surface area contributed by atoms with Crippen LogP contribution in [0.15, 0.2) is 24.4 Å². The van der Waals surface area contributed by atoms with E-state index in [1.165, 1.54) is 29.8 Å². The first kappa shape index (κ1) is 22.2. The summed E-state index contributed by atoms with van der Waals surface area (Å²) in [6.45, 7) is 1.41. The molecule has 12 heteroatoms. The second-order valence-electron chi connectivity index (χ2n) is 8.51. The van der Waals surface area contributed by atoms with Gasteiger partial charge in [-0.2, -0.15) is 15.4 Å². The number of aromatic nitrogens is 4. The number of carbonyl (C=O) groups excluding carboxylic acids is 3. The molecule has 3 aromatic rings. The minimum absolute atomic E-state index is 0.0101. The van der Waals surface area contributed by atoms with Gasteiger partial charge in [0.05, 0.1) is 28.9 Å². The summed E-state index contributed by atoms with van der Waals surface area (Å²) in [5.74, 6) is -2.99. The highest BCUT2D eigenvalue weighted by molar-refractivity contribution is 6.44. The number of hydrogen-bond donors (Lipinski definition) is 3. The Balaban J connectivity index is 1.45. The van der Waals surface area contributed by atoms with E-state index < -0.39 is 35.1 Å². The maximum absolute atomic E-state index is 14.3. The molecule has 1 unspecified atom stereocenters. The van der Waals surface area contributed by atoms with Crippen LogP contribution in [0.1, 0.15) is 50.6 Å². The summed E-state index contributed by atoms with van der Waals surface area (Å²) in [6.07, 6.45) is 1.29. The van der Waals surface area contributed by atoms with Gasteiger partial charge in [0.25, 0.3) is 17.6 Å². The number of anilines is 1. The van der Waals surface area contributed by atoms with Crippen LogP contribution in [-0.2, 0) is 23.3 Å². The molecule has 0 radical (unpaired) electrons. The quantitative estimate of drug-likeness (QED) is 0.364. The number of halogens is 3. The van der Waals surface area contributed by atoms with Crippen LogP contribution < -0.4 is 10.6 Å². The van der Waals surface area contributed by atoms with Crippen LogP contribution in [0.4, 0.5) is 14.5 Å². The van der Waals surface area contributed by atoms with Gasteiger partial charge >= 0.3 is 0 Å². The van der Waals surface area contributed by atoms with Gasteiger partial charge in [0.2, 0.25) is 0 Å². The lowest BCUT2D eigenvalue weighted by Crippen LogP contribution is -2.40. The topological polar surface area (TPSA) is 122 Å². The Morgan fingerprint density at radius 1 is 1.29 bits per heavy atom. The minimum Gasteiger partial charge on any atom is -0.338 e. The molecule has 1 aliphatic carbocycles. The lowest BCUT2D eigenvalue weighted by atomic mass is 10.0. The van der Waals surface area contributed by atoms with Crippen LogP contribution in [0, 0.1) is 12.7 Å². The van der Waals surface area contributed by atoms with Crippen molar-refractivity contribution in [3.8, 4) is 0 Å². The summed E-state index contributed by atoms with van der Waals surface area (Å²) >= 11 is 5.78. The number of ketones is 1. The number of nitrogens with zero attached hydrogens (tertiary/aromatic N) is 3. The van der Waals surface area contributed by atoms with Gasteiger partial charge in [0, 0.05) is 17.8 Å². The van der Waals surface area contributed by atoms with E-state index in [-0.39, 0.29) is 40.5 Å². The zero-order chi connectivity index (χ0) is 24.2. The van der Waals surface area contributed by atoms with Crippen LogP contribution in [-0.4, -0.2) is 43.7 Å². The lowest BCUT2D eigenvalue weighted by Gasteiger charge is -2.14. The molecule has 2 aliphatic rings. The molecule has 0 saturated heterocycles. The van der Waals surface area contributed by atoms with Gasteiger partial charge in [-0.25, -0.2) is 8.78 Å². The highest BCUT2D eigenvalue weighted by atomic mass is 35.5. The molecule has 1 saturated carbocycles. The molecule has 2 amide bonds. The van der Waals surface area contributed by atoms with Crippen molar-refractivity contribution in [3.63, 3.8) is 0 Å². The number of Topliss-reactive ketones (excluding diaryl/α,β-unsaturated/α-hetero) is 1. The van der Waals surface area contributed by atoms with E-state index in [1.807, 2.05) is 0 Å². The van der Waals surface area contributed by atoms with Crippen molar-refractivity contribution in [2.24, 2.45) is 0 Å². The monoisotopic (exact) mass is 488 g/mol. The van der Waals surface area contributed by atoms with Crippen LogP contribution in [0.2, 0.25) is 5.02 Å². The van der Waals surface area contributed by atoms with Gasteiger partial charge in [-0.05, 0) is 43.5 Å². The molecular weight excluding hydrogens is 470 g/mol. The summed E-state index contributed by atoms with van der Waals surface area (Å²) in [7, 11) is 0. The van der Waals surface area contributed by atoms with Crippen molar-refractivity contribution in [1.82, 2.24) is 25.3 Å². The van der Waals surface area contributed by atoms with Crippen molar-refractivity contribution in [2.75, 3.05) is 5.32 Å². The zero-order valence-corrected chi connectivity index (χ0v) is 18.7. The zero-order valence-electron chi connectivity index (χ0n) is 17.9. The van der Waals surface area contributed by atoms with E-state index >= 15 is 0 Å². The summed E-state index contributed by atoms with van der Waals surface area (Å²) < 4.78 is 29.2. The van der Waals surface area contributed by atoms with Gasteiger partial charge in [-0.1, -0.05) is 11.6 Å². The van der Waals surface area contributed by atoms with Crippen LogP contribution in [0.3, 0.4) is 0 Å². The number of aromatic amines is 1. The molecule has 5 rings (SSSR count). The number of nitrogens with one attached hydrogen (secondary N) is 3. The van der Waals surface area contributed by atoms with E-state index in [0.29, 0.717) is 24.2 Å². The van der Waals surface area contributed by atoms with Crippen molar-refractivity contribution in [1.29, 1.82) is 0 Å². The van der Waals surface area contributed by atoms with Crippen molar-refractivity contribution >= 4 is 34.9 Å². The first-order chi connectivity index (χ1) is 16.2. The molecule has 1 fully saturated rings. The van der Waals surface area contributed by atoms with Crippen molar-refractivity contribution in [2.45, 2.75) is 44.4 Å². The molecule has 176 valence electrons. The van der Waals surface area contributed by atoms with E-state index in [2.05, 4.69) is 26.0 Å². The molecule has 3 N–H and O–H groups in total. The molecule has 1 atom stereocenters. The van der Waals surface area contributed by atoms with Gasteiger partial charge in [-0.3, -0.25) is 14.4 Å². The Labute approximate surface area is 196 Å². The average Bonchev–Trinajstić information content (AvgIpc) is 3.11. The summed E-state index contributed by atoms with van der Waals surface area (Å²) in [5, 5.41) is 15.4. The molecular formula is C22H19ClF2N6O3. The maximum Gasteiger partial charge on any atom is 0.293 e. The normalized spacial score (nSPS) is 17.8. The Kier molecular flexibility index (Phi) is 5.23. The van der Waals surface area contributed by atoms with Gasteiger partial charge in [0.1, 0.15) is 23.4 Å². The number of amides is 2. The number of H-pyrrole nitrogens is 1. The summed E-state index contributed by atoms with van der Waals surface area (Å²) in [4.78, 5) is 39.2. The standard InChI is InChI=1S/C22H19ClF2N6O3/c1-10-17(19(32)21(34)28-22(4-5-22)16-8-26-30-29-16)15-6-11(24)9-31(15)18(10)20(33)27-12-2-3-14(25)13(23)7-12/h2-3,7-8,11H,4-6,9H2,1H3,(H,27,33)(H,28,34)(H,26,29,30). The minimum atomic E-state index is -1.30. The molecule has 0 spiro atoms. The lowest BCUT2D eigenvalue weighted by molar-refractivity contribution is -0.118. The third-order valence-corrected chi connectivity index (χ3v) is 6.53. The van der Waals surface area contributed by atoms with E-state index in [4.69, 9.17) is 11.6 Å². The fourth-order valence-electron chi connectivity index (χ4n) is 4.44. The second kappa shape index (κ2) is 8.01. The number of alkyl halides is 1. The van der Waals surface area contributed by atoms with E-state index in [0.717, 1.165) is 6.07 Å². The predicted octanol–water partition coefficient (Wildman–Crippen LogP) is 2.84. The van der Waals surface area contributed by atoms with Crippen LogP contribution in [0.5, 0.6) is 0 Å². The molecule has 1 aromatic carbocycles. The fourth-order valence-corrected chi connectivity index (χ4v) is 4.62. The highest BCUT2D eigenvalue weighted by Crippen LogP contribution is 2.44. The Hall–Kier alpha value is -3.60. The Morgan fingerprint density at radius 2 is 2.06 bits per heavy atom. The maximum atomic E-state index is 14.3. The average molecular weight is 489 g/mol. The molecule has 2 aromatic heterocycles. The molecule has 34 heavy (non-hydrogen) atoms. The molecule has 1 aliphatic heterocycles. The van der Waals surface area contributed by atoms with Gasteiger partial charge in [0.15, 0.2) is 0 Å². The third-order valence-electron chi connectivity index (χ3n) is 6.24. The third kappa shape index (κ3) is 3.65. The van der Waals surface area contributed by atoms with Crippen LogP contribution >= 0.6 is 11.6 Å². The van der Waals surface area contributed by atoms with Crippen molar-refractivity contribution < 1.29 is 23.2 Å². The predicted molar refractivity (Wildman–Crippen MR) is 117 cm³/mol. The first-order valence-corrected chi connectivity index (χ1v) is 10.9. The smallest absolute Gasteiger partial charge is 0.293 e. The van der Waals surface area contributed by atoms with Gasteiger partial charge < -0.3 is 15.2 Å². The number of fused-ring (bicyclic) bond motifs is 1. The summed E-state index contributed by atoms with van der Waals surface area (Å²) in [5.41, 5.74) is 0.615. The fraction of sp³-hybridized carbons (Fsp3) is 0.318. The SMILES string of the molecule is Cc1c(C(=O)C(=O)NC2(c3cn[nH]n3)CC2)c2n(c1C(=O)Nc1ccc(F)c(Cl)c1)CC(F)C2. The van der Waals surface area contributed by atoms with E-state index in [9.17, 15) is 23.2 Å².